The smallest absolute Gasteiger partial charge is 0.262 e. The Morgan fingerprint density at radius 3 is 2.86 bits per heavy atom. The van der Waals surface area contributed by atoms with Gasteiger partial charge < -0.3 is 0 Å². The first kappa shape index (κ1) is 15.3. The molecular formula is C13H18ClN3O2S2. The third-order valence-corrected chi connectivity index (χ3v) is 7.05. The van der Waals surface area contributed by atoms with Gasteiger partial charge >= 0.3 is 0 Å². The monoisotopic (exact) mass is 347 g/mol. The van der Waals surface area contributed by atoms with Gasteiger partial charge in [-0.15, -0.1) is 11.3 Å². The van der Waals surface area contributed by atoms with Crippen molar-refractivity contribution in [2.45, 2.75) is 37.1 Å². The Bertz CT molecular complexity index is 732. The number of hydrogen-bond acceptors (Lipinski definition) is 4. The van der Waals surface area contributed by atoms with Crippen molar-refractivity contribution in [3.8, 4) is 0 Å². The average Bonchev–Trinajstić information content (AvgIpc) is 2.99. The molecule has 0 aromatic carbocycles. The topological polar surface area (TPSA) is 54.7 Å². The number of fused-ring (bicyclic) bond motifs is 1. The summed E-state index contributed by atoms with van der Waals surface area (Å²) in [6.45, 7) is 0.552. The predicted octanol–water partition coefficient (Wildman–Crippen LogP) is 3.25. The first-order valence-electron chi connectivity index (χ1n) is 7.07. The van der Waals surface area contributed by atoms with Gasteiger partial charge in [0.15, 0.2) is 15.1 Å². The molecule has 0 aliphatic heterocycles. The molecule has 2 aromatic rings. The van der Waals surface area contributed by atoms with E-state index in [0.717, 1.165) is 12.8 Å². The number of nitrogens with zero attached hydrogens (tertiary/aromatic N) is 3. The SMILES string of the molecule is CN(CC1CCCCC1)S(=O)(=O)c1c(Cl)nc2sccn12. The molecule has 1 fully saturated rings. The number of aromatic nitrogens is 2. The summed E-state index contributed by atoms with van der Waals surface area (Å²) < 4.78 is 28.6. The largest absolute Gasteiger partial charge is 0.279 e. The third kappa shape index (κ3) is 2.84. The fourth-order valence-electron chi connectivity index (χ4n) is 2.95. The lowest BCUT2D eigenvalue weighted by Crippen LogP contribution is -2.33. The van der Waals surface area contributed by atoms with Gasteiger partial charge in [0.25, 0.3) is 10.0 Å². The first-order chi connectivity index (χ1) is 10.00. The summed E-state index contributed by atoms with van der Waals surface area (Å²) in [5.74, 6) is 0.447. The Balaban J connectivity index is 1.88. The first-order valence-corrected chi connectivity index (χ1v) is 9.77. The van der Waals surface area contributed by atoms with Crippen LogP contribution in [-0.4, -0.2) is 35.7 Å². The summed E-state index contributed by atoms with van der Waals surface area (Å²) >= 11 is 7.42. The number of imidazole rings is 1. The zero-order valence-corrected chi connectivity index (χ0v) is 14.2. The molecule has 0 unspecified atom stereocenters. The maximum Gasteiger partial charge on any atom is 0.262 e. The quantitative estimate of drug-likeness (QED) is 0.853. The summed E-state index contributed by atoms with van der Waals surface area (Å²) in [5, 5.41) is 1.94. The molecule has 0 amide bonds. The van der Waals surface area contributed by atoms with Crippen LogP contribution < -0.4 is 0 Å². The second-order valence-corrected chi connectivity index (χ2v) is 8.74. The predicted molar refractivity (Wildman–Crippen MR) is 84.5 cm³/mol. The van der Waals surface area contributed by atoms with Crippen LogP contribution in [0.4, 0.5) is 0 Å². The van der Waals surface area contributed by atoms with Crippen LogP contribution in [0.2, 0.25) is 5.15 Å². The zero-order chi connectivity index (χ0) is 15.0. The maximum absolute atomic E-state index is 12.8. The Kier molecular flexibility index (Phi) is 4.27. The van der Waals surface area contributed by atoms with E-state index in [9.17, 15) is 8.42 Å². The van der Waals surface area contributed by atoms with E-state index in [1.165, 1.54) is 34.9 Å². The van der Waals surface area contributed by atoms with Crippen molar-refractivity contribution < 1.29 is 8.42 Å². The molecule has 8 heteroatoms. The van der Waals surface area contributed by atoms with Crippen molar-refractivity contribution in [3.05, 3.63) is 16.7 Å². The summed E-state index contributed by atoms with van der Waals surface area (Å²) in [6.07, 6.45) is 7.56. The van der Waals surface area contributed by atoms with Gasteiger partial charge in [-0.3, -0.25) is 4.40 Å². The molecule has 1 aliphatic rings. The van der Waals surface area contributed by atoms with Crippen LogP contribution in [0, 0.1) is 5.92 Å². The van der Waals surface area contributed by atoms with Gasteiger partial charge in [-0.2, -0.15) is 4.31 Å². The summed E-state index contributed by atoms with van der Waals surface area (Å²) in [4.78, 5) is 4.71. The van der Waals surface area contributed by atoms with Crippen LogP contribution in [-0.2, 0) is 10.0 Å². The van der Waals surface area contributed by atoms with Gasteiger partial charge in [-0.25, -0.2) is 13.4 Å². The molecule has 0 spiro atoms. The van der Waals surface area contributed by atoms with Crippen LogP contribution in [0.15, 0.2) is 16.6 Å². The molecule has 2 heterocycles. The number of thiazole rings is 1. The third-order valence-electron chi connectivity index (χ3n) is 4.07. The van der Waals surface area contributed by atoms with Crippen LogP contribution in [0.25, 0.3) is 4.96 Å². The molecule has 0 bridgehead atoms. The van der Waals surface area contributed by atoms with E-state index in [-0.39, 0.29) is 10.2 Å². The van der Waals surface area contributed by atoms with Crippen molar-refractivity contribution >= 4 is 37.9 Å². The molecule has 0 saturated heterocycles. The minimum absolute atomic E-state index is 0.0531. The molecule has 1 saturated carbocycles. The van der Waals surface area contributed by atoms with Gasteiger partial charge in [-0.05, 0) is 18.8 Å². The zero-order valence-electron chi connectivity index (χ0n) is 11.8. The lowest BCUT2D eigenvalue weighted by molar-refractivity contribution is 0.299. The van der Waals surface area contributed by atoms with E-state index < -0.39 is 10.0 Å². The lowest BCUT2D eigenvalue weighted by Gasteiger charge is -2.26. The van der Waals surface area contributed by atoms with Gasteiger partial charge in [0, 0.05) is 25.2 Å². The number of rotatable bonds is 4. The molecule has 2 aromatic heterocycles. The molecule has 5 nitrogen and oxygen atoms in total. The van der Waals surface area contributed by atoms with Gasteiger partial charge in [-0.1, -0.05) is 30.9 Å². The molecule has 1 aliphatic carbocycles. The maximum atomic E-state index is 12.8. The van der Waals surface area contributed by atoms with E-state index >= 15 is 0 Å². The van der Waals surface area contributed by atoms with E-state index in [2.05, 4.69) is 4.98 Å². The van der Waals surface area contributed by atoms with Crippen molar-refractivity contribution in [2.24, 2.45) is 5.92 Å². The highest BCUT2D eigenvalue weighted by atomic mass is 35.5. The highest BCUT2D eigenvalue weighted by molar-refractivity contribution is 7.89. The normalized spacial score (nSPS) is 17.9. The van der Waals surface area contributed by atoms with Crippen LogP contribution in [0.3, 0.4) is 0 Å². The van der Waals surface area contributed by atoms with Crippen molar-refractivity contribution in [2.75, 3.05) is 13.6 Å². The van der Waals surface area contributed by atoms with E-state index in [4.69, 9.17) is 11.6 Å². The fraction of sp³-hybridized carbons (Fsp3) is 0.615. The summed E-state index contributed by atoms with van der Waals surface area (Å²) in [5.41, 5.74) is 0. The second kappa shape index (κ2) is 5.87. The minimum atomic E-state index is -3.61. The summed E-state index contributed by atoms with van der Waals surface area (Å²) in [7, 11) is -1.98. The molecule has 116 valence electrons. The van der Waals surface area contributed by atoms with E-state index in [1.807, 2.05) is 0 Å². The molecule has 0 atom stereocenters. The van der Waals surface area contributed by atoms with Crippen LogP contribution in [0.1, 0.15) is 32.1 Å². The fourth-order valence-corrected chi connectivity index (χ4v) is 5.59. The molecule has 0 radical (unpaired) electrons. The van der Waals surface area contributed by atoms with Crippen LogP contribution >= 0.6 is 22.9 Å². The highest BCUT2D eigenvalue weighted by Gasteiger charge is 2.30. The minimum Gasteiger partial charge on any atom is -0.279 e. The lowest BCUT2D eigenvalue weighted by atomic mass is 9.89. The Morgan fingerprint density at radius 1 is 1.43 bits per heavy atom. The number of halogens is 1. The standard InChI is InChI=1S/C13H18ClN3O2S2/c1-16(9-10-5-3-2-4-6-10)21(18,19)12-11(14)15-13-17(12)7-8-20-13/h7-8,10H,2-6,9H2,1H3. The van der Waals surface area contributed by atoms with Gasteiger partial charge in [0.1, 0.15) is 0 Å². The average molecular weight is 348 g/mol. The Labute approximate surface area is 133 Å². The van der Waals surface area contributed by atoms with Gasteiger partial charge in [0.2, 0.25) is 0 Å². The van der Waals surface area contributed by atoms with Crippen molar-refractivity contribution in [1.29, 1.82) is 0 Å². The van der Waals surface area contributed by atoms with E-state index in [1.54, 1.807) is 23.0 Å². The summed E-state index contributed by atoms with van der Waals surface area (Å²) in [6, 6.07) is 0. The van der Waals surface area contributed by atoms with E-state index in [0.29, 0.717) is 17.4 Å². The molecule has 0 N–H and O–H groups in total. The number of hydrogen-bond donors (Lipinski definition) is 0. The molecular weight excluding hydrogens is 330 g/mol. The number of sulfonamides is 1. The van der Waals surface area contributed by atoms with Crippen LogP contribution in [0.5, 0.6) is 0 Å². The van der Waals surface area contributed by atoms with Gasteiger partial charge in [0.05, 0.1) is 0 Å². The van der Waals surface area contributed by atoms with Crippen molar-refractivity contribution in [1.82, 2.24) is 13.7 Å². The Morgan fingerprint density at radius 2 is 2.14 bits per heavy atom. The highest BCUT2D eigenvalue weighted by Crippen LogP contribution is 2.30. The van der Waals surface area contributed by atoms with Crippen molar-refractivity contribution in [3.63, 3.8) is 0 Å². The second-order valence-electron chi connectivity index (χ2n) is 5.55. The Hall–Kier alpha value is -0.630. The molecule has 21 heavy (non-hydrogen) atoms. The molecule has 3 rings (SSSR count).